The molecule has 20 heavy (non-hydrogen) atoms. The summed E-state index contributed by atoms with van der Waals surface area (Å²) in [5.74, 6) is -1.54. The van der Waals surface area contributed by atoms with Gasteiger partial charge in [-0.15, -0.1) is 0 Å². The number of carbonyl (C=O) groups is 1. The molecule has 1 heterocycles. The van der Waals surface area contributed by atoms with Crippen LogP contribution in [0.3, 0.4) is 0 Å². The van der Waals surface area contributed by atoms with E-state index in [-0.39, 0.29) is 20.5 Å². The second-order valence-electron chi connectivity index (χ2n) is 4.51. The number of carbonyl (C=O) groups excluding carboxylic acids is 1. The Morgan fingerprint density at radius 3 is 2.25 bits per heavy atom. The van der Waals surface area contributed by atoms with Gasteiger partial charge in [-0.25, -0.2) is 8.42 Å². The second kappa shape index (κ2) is 5.89. The molecule has 5 nitrogen and oxygen atoms in total. The molecular formula is C12H12Cl2NO4S-. The fourth-order valence-electron chi connectivity index (χ4n) is 2.13. The van der Waals surface area contributed by atoms with Crippen LogP contribution in [-0.2, 0) is 10.0 Å². The molecule has 0 saturated carbocycles. The number of halogens is 2. The molecule has 0 spiro atoms. The molecular weight excluding hydrogens is 325 g/mol. The number of carboxylic acids is 1. The quantitative estimate of drug-likeness (QED) is 0.838. The largest absolute Gasteiger partial charge is 0.545 e. The Morgan fingerprint density at radius 1 is 1.10 bits per heavy atom. The zero-order valence-electron chi connectivity index (χ0n) is 10.4. The maximum absolute atomic E-state index is 12.5. The number of aromatic carboxylic acids is 1. The van der Waals surface area contributed by atoms with Crippen LogP contribution in [0.5, 0.6) is 0 Å². The van der Waals surface area contributed by atoms with E-state index in [2.05, 4.69) is 0 Å². The summed E-state index contributed by atoms with van der Waals surface area (Å²) in [5, 5.41) is 10.7. The minimum atomic E-state index is -3.81. The minimum absolute atomic E-state index is 0.0921. The number of hydrogen-bond acceptors (Lipinski definition) is 4. The Hall–Kier alpha value is -0.820. The van der Waals surface area contributed by atoms with Crippen molar-refractivity contribution in [3.05, 3.63) is 27.7 Å². The third-order valence-corrected chi connectivity index (χ3v) is 5.85. The third kappa shape index (κ3) is 2.93. The van der Waals surface area contributed by atoms with Crippen LogP contribution in [0.15, 0.2) is 17.0 Å². The standard InChI is InChI=1S/C12H13Cl2NO4S/c13-9-7-10(14)11(6-8(9)12(16)17)20(18,19)15-4-2-1-3-5-15/h6-7H,1-5H2,(H,16,17)/p-1. The van der Waals surface area contributed by atoms with Gasteiger partial charge in [0, 0.05) is 18.7 Å². The van der Waals surface area contributed by atoms with E-state index in [9.17, 15) is 18.3 Å². The van der Waals surface area contributed by atoms with Crippen LogP contribution < -0.4 is 5.11 Å². The van der Waals surface area contributed by atoms with Crippen molar-refractivity contribution in [1.82, 2.24) is 4.31 Å². The summed E-state index contributed by atoms with van der Waals surface area (Å²) in [4.78, 5) is 10.7. The van der Waals surface area contributed by atoms with Crippen molar-refractivity contribution >= 4 is 39.2 Å². The SMILES string of the molecule is O=C([O-])c1cc(S(=O)(=O)N2CCCCC2)c(Cl)cc1Cl. The van der Waals surface area contributed by atoms with E-state index in [1.807, 2.05) is 0 Å². The monoisotopic (exact) mass is 336 g/mol. The molecule has 0 unspecified atom stereocenters. The molecule has 110 valence electrons. The van der Waals surface area contributed by atoms with Gasteiger partial charge in [0.1, 0.15) is 4.90 Å². The number of benzene rings is 1. The Balaban J connectivity index is 2.50. The molecule has 0 amide bonds. The smallest absolute Gasteiger partial charge is 0.244 e. The van der Waals surface area contributed by atoms with Crippen LogP contribution in [0.4, 0.5) is 0 Å². The van der Waals surface area contributed by atoms with Gasteiger partial charge in [0.25, 0.3) is 0 Å². The van der Waals surface area contributed by atoms with E-state index in [0.29, 0.717) is 13.1 Å². The molecule has 0 atom stereocenters. The Bertz CT molecular complexity index is 639. The van der Waals surface area contributed by atoms with Crippen LogP contribution >= 0.6 is 23.2 Å². The first-order valence-corrected chi connectivity index (χ1v) is 8.24. The van der Waals surface area contributed by atoms with Crippen LogP contribution in [-0.4, -0.2) is 31.8 Å². The zero-order chi connectivity index (χ0) is 14.9. The average molecular weight is 337 g/mol. The van der Waals surface area contributed by atoms with Gasteiger partial charge < -0.3 is 9.90 Å². The molecule has 1 aromatic carbocycles. The highest BCUT2D eigenvalue weighted by molar-refractivity contribution is 7.89. The number of hydrogen-bond donors (Lipinski definition) is 0. The number of piperidine rings is 1. The lowest BCUT2D eigenvalue weighted by Crippen LogP contribution is -2.36. The molecule has 1 aliphatic rings. The summed E-state index contributed by atoms with van der Waals surface area (Å²) in [7, 11) is -3.81. The van der Waals surface area contributed by atoms with Gasteiger partial charge in [-0.1, -0.05) is 29.6 Å². The van der Waals surface area contributed by atoms with Gasteiger partial charge in [-0.05, 0) is 25.0 Å². The van der Waals surface area contributed by atoms with Crippen LogP contribution in [0.2, 0.25) is 10.0 Å². The number of rotatable bonds is 3. The van der Waals surface area contributed by atoms with Crippen molar-refractivity contribution in [2.45, 2.75) is 24.2 Å². The van der Waals surface area contributed by atoms with Crippen molar-refractivity contribution in [3.63, 3.8) is 0 Å². The Morgan fingerprint density at radius 2 is 1.70 bits per heavy atom. The lowest BCUT2D eigenvalue weighted by atomic mass is 10.2. The van der Waals surface area contributed by atoms with Crippen molar-refractivity contribution < 1.29 is 18.3 Å². The molecule has 0 radical (unpaired) electrons. The summed E-state index contributed by atoms with van der Waals surface area (Å²) < 4.78 is 26.3. The van der Waals surface area contributed by atoms with E-state index in [4.69, 9.17) is 23.2 Å². The molecule has 1 saturated heterocycles. The average Bonchev–Trinajstić information content (AvgIpc) is 2.39. The zero-order valence-corrected chi connectivity index (χ0v) is 12.8. The molecule has 0 aromatic heterocycles. The first kappa shape index (κ1) is 15.6. The predicted molar refractivity (Wildman–Crippen MR) is 73.4 cm³/mol. The van der Waals surface area contributed by atoms with Crippen molar-refractivity contribution in [3.8, 4) is 0 Å². The first-order valence-electron chi connectivity index (χ1n) is 6.04. The highest BCUT2D eigenvalue weighted by atomic mass is 35.5. The third-order valence-electron chi connectivity index (χ3n) is 3.17. The van der Waals surface area contributed by atoms with E-state index in [0.717, 1.165) is 31.4 Å². The Kier molecular flexibility index (Phi) is 4.59. The van der Waals surface area contributed by atoms with Gasteiger partial charge in [0.05, 0.1) is 16.0 Å². The predicted octanol–water partition coefficient (Wildman–Crippen LogP) is 1.53. The summed E-state index contributed by atoms with van der Waals surface area (Å²) in [6, 6.07) is 2.08. The van der Waals surface area contributed by atoms with Gasteiger partial charge in [-0.3, -0.25) is 0 Å². The summed E-state index contributed by atoms with van der Waals surface area (Å²) in [6.07, 6.45) is 2.53. The lowest BCUT2D eigenvalue weighted by molar-refractivity contribution is -0.255. The highest BCUT2D eigenvalue weighted by Gasteiger charge is 2.28. The van der Waals surface area contributed by atoms with Gasteiger partial charge in [0.2, 0.25) is 10.0 Å². The van der Waals surface area contributed by atoms with Gasteiger partial charge in [-0.2, -0.15) is 4.31 Å². The molecule has 8 heteroatoms. The van der Waals surface area contributed by atoms with E-state index in [1.165, 1.54) is 4.31 Å². The summed E-state index contributed by atoms with van der Waals surface area (Å²) in [5.41, 5.74) is -0.383. The second-order valence-corrected chi connectivity index (χ2v) is 7.24. The maximum atomic E-state index is 12.5. The first-order chi connectivity index (χ1) is 9.34. The molecule has 1 aromatic rings. The van der Waals surface area contributed by atoms with Crippen LogP contribution in [0.25, 0.3) is 0 Å². The fraction of sp³-hybridized carbons (Fsp3) is 0.417. The van der Waals surface area contributed by atoms with Crippen molar-refractivity contribution in [2.75, 3.05) is 13.1 Å². The van der Waals surface area contributed by atoms with Crippen LogP contribution in [0, 0.1) is 0 Å². The molecule has 0 N–H and O–H groups in total. The minimum Gasteiger partial charge on any atom is -0.545 e. The molecule has 0 bridgehead atoms. The normalized spacial score (nSPS) is 17.1. The van der Waals surface area contributed by atoms with E-state index >= 15 is 0 Å². The maximum Gasteiger partial charge on any atom is 0.244 e. The topological polar surface area (TPSA) is 77.5 Å². The van der Waals surface area contributed by atoms with Gasteiger partial charge >= 0.3 is 0 Å². The fourth-order valence-corrected chi connectivity index (χ4v) is 4.47. The van der Waals surface area contributed by atoms with Crippen molar-refractivity contribution in [1.29, 1.82) is 0 Å². The lowest BCUT2D eigenvalue weighted by Gasteiger charge is -2.26. The van der Waals surface area contributed by atoms with Crippen molar-refractivity contribution in [2.24, 2.45) is 0 Å². The number of carboxylic acid groups (broad SMARTS) is 1. The number of nitrogens with zero attached hydrogens (tertiary/aromatic N) is 1. The molecule has 1 aliphatic heterocycles. The van der Waals surface area contributed by atoms with E-state index in [1.54, 1.807) is 0 Å². The molecule has 0 aliphatic carbocycles. The van der Waals surface area contributed by atoms with E-state index < -0.39 is 16.0 Å². The Labute approximate surface area is 127 Å². The highest BCUT2D eigenvalue weighted by Crippen LogP contribution is 2.31. The van der Waals surface area contributed by atoms with Crippen LogP contribution in [0.1, 0.15) is 29.6 Å². The summed E-state index contributed by atoms with van der Waals surface area (Å²) >= 11 is 11.6. The molecule has 2 rings (SSSR count). The van der Waals surface area contributed by atoms with Gasteiger partial charge in [0.15, 0.2) is 0 Å². The molecule has 1 fully saturated rings. The summed E-state index contributed by atoms with van der Waals surface area (Å²) in [6.45, 7) is 0.809. The number of sulfonamides is 1.